The number of hydrogen-bond acceptors (Lipinski definition) is 6. The SMILES string of the molecule is CS(=O)(=O)c1ccc(C(=O)NC2CCC(CCN3CCC(c4coc5ccccc45)CC3)CC2)s1. The van der Waals surface area contributed by atoms with Crippen molar-refractivity contribution in [3.63, 3.8) is 0 Å². The molecule has 2 fully saturated rings. The molecule has 1 aliphatic heterocycles. The van der Waals surface area contributed by atoms with Crippen LogP contribution in [0.4, 0.5) is 0 Å². The van der Waals surface area contributed by atoms with E-state index in [9.17, 15) is 13.2 Å². The Labute approximate surface area is 211 Å². The third-order valence-corrected chi connectivity index (χ3v) is 10.6. The second kappa shape index (κ2) is 10.4. The average molecular weight is 515 g/mol. The molecule has 35 heavy (non-hydrogen) atoms. The van der Waals surface area contributed by atoms with Crippen LogP contribution in [0.5, 0.6) is 0 Å². The maximum absolute atomic E-state index is 12.5. The first kappa shape index (κ1) is 24.5. The molecule has 5 rings (SSSR count). The number of nitrogens with one attached hydrogen (secondary N) is 1. The van der Waals surface area contributed by atoms with E-state index < -0.39 is 9.84 Å². The molecule has 0 unspecified atom stereocenters. The Morgan fingerprint density at radius 2 is 1.80 bits per heavy atom. The number of benzene rings is 1. The van der Waals surface area contributed by atoms with Crippen molar-refractivity contribution in [2.75, 3.05) is 25.9 Å². The number of furan rings is 1. The third-order valence-electron chi connectivity index (χ3n) is 7.74. The van der Waals surface area contributed by atoms with Gasteiger partial charge in [0.2, 0.25) is 0 Å². The lowest BCUT2D eigenvalue weighted by Crippen LogP contribution is -2.38. The fourth-order valence-corrected chi connectivity index (χ4v) is 7.47. The van der Waals surface area contributed by atoms with E-state index in [4.69, 9.17) is 4.42 Å². The Hall–Kier alpha value is -2.16. The number of fused-ring (bicyclic) bond motifs is 1. The van der Waals surface area contributed by atoms with E-state index in [-0.39, 0.29) is 16.2 Å². The van der Waals surface area contributed by atoms with Gasteiger partial charge in [-0.15, -0.1) is 11.3 Å². The predicted molar refractivity (Wildman–Crippen MR) is 140 cm³/mol. The summed E-state index contributed by atoms with van der Waals surface area (Å²) in [5.74, 6) is 1.16. The summed E-state index contributed by atoms with van der Waals surface area (Å²) in [5.41, 5.74) is 2.36. The largest absolute Gasteiger partial charge is 0.464 e. The van der Waals surface area contributed by atoms with Gasteiger partial charge in [-0.3, -0.25) is 4.79 Å². The van der Waals surface area contributed by atoms with Crippen LogP contribution < -0.4 is 5.32 Å². The molecular formula is C27H34N2O4S2. The van der Waals surface area contributed by atoms with Gasteiger partial charge in [-0.2, -0.15) is 0 Å². The average Bonchev–Trinajstić information content (AvgIpc) is 3.52. The molecule has 188 valence electrons. The lowest BCUT2D eigenvalue weighted by Gasteiger charge is -2.34. The van der Waals surface area contributed by atoms with Crippen LogP contribution in [0.2, 0.25) is 0 Å². The van der Waals surface area contributed by atoms with Gasteiger partial charge >= 0.3 is 0 Å². The summed E-state index contributed by atoms with van der Waals surface area (Å²) < 4.78 is 29.3. The third kappa shape index (κ3) is 5.81. The number of amides is 1. The van der Waals surface area contributed by atoms with Crippen LogP contribution >= 0.6 is 11.3 Å². The number of hydrogen-bond donors (Lipinski definition) is 1. The summed E-state index contributed by atoms with van der Waals surface area (Å²) in [7, 11) is -3.26. The smallest absolute Gasteiger partial charge is 0.261 e. The standard InChI is InChI=1S/C27H34N2O4S2/c1-35(31,32)26-11-10-25(34-26)27(30)28-21-8-6-19(7-9-21)12-15-29-16-13-20(14-17-29)23-18-33-24-5-3-2-4-22(23)24/h2-5,10-11,18-21H,6-9,12-17H2,1H3,(H,28,30). The molecule has 1 saturated heterocycles. The molecule has 6 nitrogen and oxygen atoms in total. The highest BCUT2D eigenvalue weighted by atomic mass is 32.2. The van der Waals surface area contributed by atoms with Crippen LogP contribution in [-0.4, -0.2) is 51.2 Å². The number of carbonyl (C=O) groups is 1. The van der Waals surface area contributed by atoms with Gasteiger partial charge in [-0.1, -0.05) is 18.2 Å². The molecule has 1 aromatic carbocycles. The van der Waals surface area contributed by atoms with Crippen molar-refractivity contribution in [2.45, 2.75) is 61.1 Å². The number of para-hydroxylation sites is 1. The van der Waals surface area contributed by atoms with E-state index in [1.54, 1.807) is 6.07 Å². The predicted octanol–water partition coefficient (Wildman–Crippen LogP) is 5.46. The zero-order chi connectivity index (χ0) is 24.4. The van der Waals surface area contributed by atoms with Gasteiger partial charge in [0, 0.05) is 23.2 Å². The Morgan fingerprint density at radius 3 is 2.51 bits per heavy atom. The molecule has 1 N–H and O–H groups in total. The van der Waals surface area contributed by atoms with Gasteiger partial charge in [-0.05, 0) is 94.6 Å². The monoisotopic (exact) mass is 514 g/mol. The fraction of sp³-hybridized carbons (Fsp3) is 0.519. The highest BCUT2D eigenvalue weighted by Crippen LogP contribution is 2.35. The zero-order valence-corrected chi connectivity index (χ0v) is 21.9. The molecule has 0 atom stereocenters. The van der Waals surface area contributed by atoms with Gasteiger partial charge in [0.05, 0.1) is 11.1 Å². The fourth-order valence-electron chi connectivity index (χ4n) is 5.64. The van der Waals surface area contributed by atoms with Crippen LogP contribution in [0.1, 0.15) is 66.1 Å². The topological polar surface area (TPSA) is 79.6 Å². The normalized spacial score (nSPS) is 22.4. The van der Waals surface area contributed by atoms with E-state index in [0.717, 1.165) is 68.2 Å². The van der Waals surface area contributed by atoms with Crippen molar-refractivity contribution in [3.05, 3.63) is 53.1 Å². The maximum Gasteiger partial charge on any atom is 0.261 e. The first-order valence-electron chi connectivity index (χ1n) is 12.7. The minimum absolute atomic E-state index is 0.151. The van der Waals surface area contributed by atoms with Gasteiger partial charge in [-0.25, -0.2) is 8.42 Å². The maximum atomic E-state index is 12.5. The minimum atomic E-state index is -3.26. The van der Waals surface area contributed by atoms with Gasteiger partial charge in [0.25, 0.3) is 5.91 Å². The van der Waals surface area contributed by atoms with Gasteiger partial charge < -0.3 is 14.6 Å². The van der Waals surface area contributed by atoms with Gasteiger partial charge in [0.15, 0.2) is 9.84 Å². The van der Waals surface area contributed by atoms with Crippen LogP contribution in [-0.2, 0) is 9.84 Å². The van der Waals surface area contributed by atoms with Crippen LogP contribution in [0.3, 0.4) is 0 Å². The molecule has 0 bridgehead atoms. The molecule has 2 aliphatic rings. The van der Waals surface area contributed by atoms with Crippen molar-refractivity contribution >= 4 is 38.1 Å². The van der Waals surface area contributed by atoms with Gasteiger partial charge in [0.1, 0.15) is 9.79 Å². The Morgan fingerprint density at radius 1 is 1.06 bits per heavy atom. The van der Waals surface area contributed by atoms with E-state index in [2.05, 4.69) is 22.3 Å². The summed E-state index contributed by atoms with van der Waals surface area (Å²) in [6, 6.07) is 11.7. The Kier molecular flexibility index (Phi) is 7.32. The second-order valence-corrected chi connectivity index (χ2v) is 13.5. The number of nitrogens with zero attached hydrogens (tertiary/aromatic N) is 1. The summed E-state index contributed by atoms with van der Waals surface area (Å²) in [6.45, 7) is 3.45. The highest BCUT2D eigenvalue weighted by Gasteiger charge is 2.26. The summed E-state index contributed by atoms with van der Waals surface area (Å²) in [6.07, 6.45) is 11.0. The van der Waals surface area contributed by atoms with Crippen molar-refractivity contribution in [3.8, 4) is 0 Å². The Bertz CT molecular complexity index is 1260. The number of likely N-dealkylation sites (tertiary alicyclic amines) is 1. The number of rotatable bonds is 7. The molecule has 0 spiro atoms. The molecule has 1 saturated carbocycles. The van der Waals surface area contributed by atoms with E-state index in [0.29, 0.717) is 10.8 Å². The summed E-state index contributed by atoms with van der Waals surface area (Å²) >= 11 is 1.05. The van der Waals surface area contributed by atoms with Crippen LogP contribution in [0.25, 0.3) is 11.0 Å². The zero-order valence-electron chi connectivity index (χ0n) is 20.2. The number of thiophene rings is 1. The minimum Gasteiger partial charge on any atom is -0.464 e. The van der Waals surface area contributed by atoms with Crippen molar-refractivity contribution in [1.82, 2.24) is 10.2 Å². The Balaban J connectivity index is 1.03. The lowest BCUT2D eigenvalue weighted by molar-refractivity contribution is 0.0923. The molecule has 3 aromatic rings. The summed E-state index contributed by atoms with van der Waals surface area (Å²) in [5, 5.41) is 4.38. The highest BCUT2D eigenvalue weighted by molar-refractivity contribution is 7.92. The van der Waals surface area contributed by atoms with Crippen LogP contribution in [0.15, 0.2) is 51.3 Å². The van der Waals surface area contributed by atoms with Crippen molar-refractivity contribution in [1.29, 1.82) is 0 Å². The first-order valence-corrected chi connectivity index (χ1v) is 15.4. The number of sulfone groups is 1. The van der Waals surface area contributed by atoms with E-state index >= 15 is 0 Å². The molecule has 8 heteroatoms. The van der Waals surface area contributed by atoms with E-state index in [1.165, 1.54) is 42.5 Å². The second-order valence-electron chi connectivity index (χ2n) is 10.2. The quantitative estimate of drug-likeness (QED) is 0.453. The molecule has 1 amide bonds. The van der Waals surface area contributed by atoms with E-state index in [1.807, 2.05) is 18.4 Å². The van der Waals surface area contributed by atoms with Crippen molar-refractivity contribution in [2.24, 2.45) is 5.92 Å². The number of piperidine rings is 1. The molecule has 1 aliphatic carbocycles. The lowest BCUT2D eigenvalue weighted by atomic mass is 9.83. The molecule has 0 radical (unpaired) electrons. The molecule has 2 aromatic heterocycles. The number of carbonyl (C=O) groups excluding carboxylic acids is 1. The van der Waals surface area contributed by atoms with Crippen LogP contribution in [0, 0.1) is 5.92 Å². The first-order chi connectivity index (χ1) is 16.9. The van der Waals surface area contributed by atoms with Crippen molar-refractivity contribution < 1.29 is 17.6 Å². The molecular weight excluding hydrogens is 480 g/mol. The molecule has 3 heterocycles. The summed E-state index contributed by atoms with van der Waals surface area (Å²) in [4.78, 5) is 15.6.